The van der Waals surface area contributed by atoms with E-state index in [0.29, 0.717) is 0 Å². The van der Waals surface area contributed by atoms with Gasteiger partial charge in [-0.25, -0.2) is 0 Å². The maximum absolute atomic E-state index is 3.63. The van der Waals surface area contributed by atoms with E-state index in [1.54, 1.807) is 6.08 Å². The SMILES string of the molecule is C=C/C=C\C(=C/C)C(C)(C)I. The molecule has 0 saturated carbocycles. The molecule has 62 valence electrons. The van der Waals surface area contributed by atoms with Crippen LogP contribution >= 0.6 is 22.6 Å². The van der Waals surface area contributed by atoms with Crippen molar-refractivity contribution in [2.75, 3.05) is 0 Å². The molecular formula is C10H15I. The molecular weight excluding hydrogens is 247 g/mol. The first-order chi connectivity index (χ1) is 5.02. The summed E-state index contributed by atoms with van der Waals surface area (Å²) in [4.78, 5) is 0. The summed E-state index contributed by atoms with van der Waals surface area (Å²) in [5.41, 5.74) is 1.33. The Bertz CT molecular complexity index is 180. The Hall–Kier alpha value is -0.0500. The second-order valence-electron chi connectivity index (χ2n) is 2.81. The average Bonchev–Trinajstić information content (AvgIpc) is 1.87. The molecule has 0 unspecified atom stereocenters. The molecule has 0 nitrogen and oxygen atoms in total. The maximum atomic E-state index is 3.63. The Morgan fingerprint density at radius 1 is 1.45 bits per heavy atom. The van der Waals surface area contributed by atoms with Crippen LogP contribution in [-0.2, 0) is 0 Å². The maximum Gasteiger partial charge on any atom is 0.0410 e. The van der Waals surface area contributed by atoms with Gasteiger partial charge in [0.15, 0.2) is 0 Å². The number of alkyl halides is 1. The van der Waals surface area contributed by atoms with Crippen molar-refractivity contribution in [3.63, 3.8) is 0 Å². The molecule has 0 aromatic rings. The Morgan fingerprint density at radius 2 is 2.00 bits per heavy atom. The first-order valence-corrected chi connectivity index (χ1v) is 4.75. The van der Waals surface area contributed by atoms with Crippen molar-refractivity contribution in [3.05, 3.63) is 36.5 Å². The molecule has 0 aliphatic rings. The quantitative estimate of drug-likeness (QED) is 0.411. The minimum Gasteiger partial charge on any atom is -0.0991 e. The lowest BCUT2D eigenvalue weighted by Gasteiger charge is -2.17. The molecule has 0 fully saturated rings. The Balaban J connectivity index is 4.45. The Morgan fingerprint density at radius 3 is 2.27 bits per heavy atom. The molecule has 0 N–H and O–H groups in total. The second-order valence-corrected chi connectivity index (χ2v) is 5.51. The van der Waals surface area contributed by atoms with E-state index >= 15 is 0 Å². The van der Waals surface area contributed by atoms with Gasteiger partial charge in [-0.1, -0.05) is 53.5 Å². The minimum atomic E-state index is 0.214. The third kappa shape index (κ3) is 4.40. The summed E-state index contributed by atoms with van der Waals surface area (Å²) in [6, 6.07) is 0. The van der Waals surface area contributed by atoms with E-state index in [-0.39, 0.29) is 3.42 Å². The number of rotatable bonds is 3. The summed E-state index contributed by atoms with van der Waals surface area (Å²) in [7, 11) is 0. The van der Waals surface area contributed by atoms with Gasteiger partial charge in [0.2, 0.25) is 0 Å². The van der Waals surface area contributed by atoms with Crippen LogP contribution in [0.15, 0.2) is 36.5 Å². The first kappa shape index (κ1) is 11.0. The molecule has 0 amide bonds. The molecule has 0 bridgehead atoms. The van der Waals surface area contributed by atoms with Crippen molar-refractivity contribution in [2.24, 2.45) is 0 Å². The monoisotopic (exact) mass is 262 g/mol. The predicted molar refractivity (Wildman–Crippen MR) is 61.2 cm³/mol. The highest BCUT2D eigenvalue weighted by Gasteiger charge is 2.14. The zero-order valence-electron chi connectivity index (χ0n) is 7.39. The molecule has 0 aliphatic carbocycles. The van der Waals surface area contributed by atoms with Crippen molar-refractivity contribution < 1.29 is 0 Å². The van der Waals surface area contributed by atoms with Gasteiger partial charge in [-0.05, 0) is 26.3 Å². The van der Waals surface area contributed by atoms with Gasteiger partial charge >= 0.3 is 0 Å². The fraction of sp³-hybridized carbons (Fsp3) is 0.400. The van der Waals surface area contributed by atoms with E-state index in [1.165, 1.54) is 5.57 Å². The number of halogens is 1. The number of hydrogen-bond donors (Lipinski definition) is 0. The van der Waals surface area contributed by atoms with Gasteiger partial charge < -0.3 is 0 Å². The topological polar surface area (TPSA) is 0 Å². The van der Waals surface area contributed by atoms with Crippen LogP contribution < -0.4 is 0 Å². The lowest BCUT2D eigenvalue weighted by atomic mass is 10.0. The normalized spacial score (nSPS) is 14.0. The van der Waals surface area contributed by atoms with Gasteiger partial charge in [0.1, 0.15) is 0 Å². The predicted octanol–water partition coefficient (Wildman–Crippen LogP) is 3.89. The summed E-state index contributed by atoms with van der Waals surface area (Å²) < 4.78 is 0.214. The molecule has 0 atom stereocenters. The highest BCUT2D eigenvalue weighted by atomic mass is 127. The molecule has 1 heteroatoms. The van der Waals surface area contributed by atoms with Gasteiger partial charge in [0, 0.05) is 3.42 Å². The van der Waals surface area contributed by atoms with Crippen LogP contribution in [0.4, 0.5) is 0 Å². The van der Waals surface area contributed by atoms with Crippen molar-refractivity contribution in [3.8, 4) is 0 Å². The van der Waals surface area contributed by atoms with Crippen molar-refractivity contribution in [1.29, 1.82) is 0 Å². The van der Waals surface area contributed by atoms with Crippen molar-refractivity contribution >= 4 is 22.6 Å². The van der Waals surface area contributed by atoms with Crippen LogP contribution in [-0.4, -0.2) is 3.42 Å². The van der Waals surface area contributed by atoms with Gasteiger partial charge in [-0.2, -0.15) is 0 Å². The molecule has 0 rings (SSSR count). The van der Waals surface area contributed by atoms with Crippen LogP contribution in [0, 0.1) is 0 Å². The third-order valence-corrected chi connectivity index (χ3v) is 2.03. The average molecular weight is 262 g/mol. The molecule has 0 saturated heterocycles. The largest absolute Gasteiger partial charge is 0.0991 e. The van der Waals surface area contributed by atoms with Crippen LogP contribution in [0.25, 0.3) is 0 Å². The summed E-state index contributed by atoms with van der Waals surface area (Å²) in [6.45, 7) is 10.1. The smallest absolute Gasteiger partial charge is 0.0410 e. The van der Waals surface area contributed by atoms with Crippen LogP contribution in [0.2, 0.25) is 0 Å². The molecule has 11 heavy (non-hydrogen) atoms. The van der Waals surface area contributed by atoms with Gasteiger partial charge in [0.25, 0.3) is 0 Å². The van der Waals surface area contributed by atoms with Gasteiger partial charge in [0.05, 0.1) is 0 Å². The molecule has 0 heterocycles. The van der Waals surface area contributed by atoms with Crippen molar-refractivity contribution in [2.45, 2.75) is 24.2 Å². The Labute approximate surface area is 83.2 Å². The summed E-state index contributed by atoms with van der Waals surface area (Å²) in [5.74, 6) is 0. The Kier molecular flexibility index (Phi) is 4.73. The zero-order chi connectivity index (χ0) is 8.91. The standard InChI is InChI=1S/C10H15I/c1-5-7-8-9(6-2)10(3,4)11/h5-8H,1H2,2-4H3/b8-7-,9-6+. The highest BCUT2D eigenvalue weighted by molar-refractivity contribution is 14.1. The summed E-state index contributed by atoms with van der Waals surface area (Å²) in [6.07, 6.45) is 7.99. The molecule has 0 aromatic heterocycles. The summed E-state index contributed by atoms with van der Waals surface area (Å²) >= 11 is 2.42. The van der Waals surface area contributed by atoms with Crippen LogP contribution in [0.3, 0.4) is 0 Å². The fourth-order valence-corrected chi connectivity index (χ4v) is 1.30. The van der Waals surface area contributed by atoms with Gasteiger partial charge in [-0.15, -0.1) is 0 Å². The van der Waals surface area contributed by atoms with E-state index in [2.05, 4.69) is 62.1 Å². The fourth-order valence-electron chi connectivity index (χ4n) is 0.809. The van der Waals surface area contributed by atoms with E-state index < -0.39 is 0 Å². The van der Waals surface area contributed by atoms with Crippen molar-refractivity contribution in [1.82, 2.24) is 0 Å². The van der Waals surface area contributed by atoms with E-state index in [0.717, 1.165) is 0 Å². The van der Waals surface area contributed by atoms with Gasteiger partial charge in [-0.3, -0.25) is 0 Å². The molecule has 0 aromatic carbocycles. The molecule has 0 radical (unpaired) electrons. The minimum absolute atomic E-state index is 0.214. The van der Waals surface area contributed by atoms with Crippen LogP contribution in [0.1, 0.15) is 20.8 Å². The summed E-state index contributed by atoms with van der Waals surface area (Å²) in [5, 5.41) is 0. The van der Waals surface area contributed by atoms with E-state index in [9.17, 15) is 0 Å². The lowest BCUT2D eigenvalue weighted by Crippen LogP contribution is -2.10. The van der Waals surface area contributed by atoms with E-state index in [4.69, 9.17) is 0 Å². The molecule has 0 aliphatic heterocycles. The van der Waals surface area contributed by atoms with Crippen LogP contribution in [0.5, 0.6) is 0 Å². The second kappa shape index (κ2) is 4.75. The molecule has 0 spiro atoms. The number of allylic oxidation sites excluding steroid dienone is 5. The number of hydrogen-bond acceptors (Lipinski definition) is 0. The first-order valence-electron chi connectivity index (χ1n) is 3.67. The highest BCUT2D eigenvalue weighted by Crippen LogP contribution is 2.27. The third-order valence-electron chi connectivity index (χ3n) is 1.41. The zero-order valence-corrected chi connectivity index (χ0v) is 9.55. The lowest BCUT2D eigenvalue weighted by molar-refractivity contribution is 0.898. The van der Waals surface area contributed by atoms with E-state index in [1.807, 2.05) is 6.08 Å².